The highest BCUT2D eigenvalue weighted by atomic mass is 16.5. The van der Waals surface area contributed by atoms with Crippen LogP contribution in [0.3, 0.4) is 0 Å². The third kappa shape index (κ3) is 4.94. The highest BCUT2D eigenvalue weighted by Gasteiger charge is 2.26. The summed E-state index contributed by atoms with van der Waals surface area (Å²) in [4.78, 5) is 14.9. The van der Waals surface area contributed by atoms with Gasteiger partial charge in [0.05, 0.1) is 12.7 Å². The van der Waals surface area contributed by atoms with Crippen molar-refractivity contribution in [1.29, 1.82) is 5.26 Å². The van der Waals surface area contributed by atoms with Crippen molar-refractivity contribution < 1.29 is 9.53 Å². The molecule has 0 heterocycles. The van der Waals surface area contributed by atoms with Gasteiger partial charge in [0.25, 0.3) is 5.91 Å². The monoisotopic (exact) mass is 405 g/mol. The van der Waals surface area contributed by atoms with Gasteiger partial charge in [-0.2, -0.15) is 5.26 Å². The van der Waals surface area contributed by atoms with Crippen LogP contribution >= 0.6 is 0 Å². The van der Waals surface area contributed by atoms with Gasteiger partial charge in [-0.1, -0.05) is 26.0 Å². The minimum atomic E-state index is 0.0129. The number of anilines is 1. The van der Waals surface area contributed by atoms with Crippen molar-refractivity contribution >= 4 is 11.6 Å². The van der Waals surface area contributed by atoms with Crippen molar-refractivity contribution in [2.24, 2.45) is 0 Å². The number of nitrogens with one attached hydrogen (secondary N) is 1. The molecule has 2 aromatic carbocycles. The highest BCUT2D eigenvalue weighted by Crippen LogP contribution is 2.30. The lowest BCUT2D eigenvalue weighted by atomic mass is 9.89. The number of hydrogen-bond donors (Lipinski definition) is 1. The third-order valence-corrected chi connectivity index (χ3v) is 6.13. The molecule has 158 valence electrons. The Morgan fingerprint density at radius 3 is 2.37 bits per heavy atom. The molecule has 0 aliphatic heterocycles. The Morgan fingerprint density at radius 2 is 1.80 bits per heavy atom. The summed E-state index contributed by atoms with van der Waals surface area (Å²) >= 11 is 0. The van der Waals surface area contributed by atoms with Gasteiger partial charge in [-0.3, -0.25) is 4.79 Å². The van der Waals surface area contributed by atoms with Crippen LogP contribution in [0, 0.1) is 11.3 Å². The zero-order valence-electron chi connectivity index (χ0n) is 18.3. The molecule has 1 N–H and O–H groups in total. The van der Waals surface area contributed by atoms with Crippen LogP contribution in [0.1, 0.15) is 66.9 Å². The van der Waals surface area contributed by atoms with Crippen LogP contribution in [-0.2, 0) is 0 Å². The lowest BCUT2D eigenvalue weighted by Crippen LogP contribution is -2.42. The van der Waals surface area contributed by atoms with Gasteiger partial charge in [-0.05, 0) is 61.4 Å². The van der Waals surface area contributed by atoms with Gasteiger partial charge in [0, 0.05) is 36.4 Å². The maximum absolute atomic E-state index is 12.6. The second-order valence-corrected chi connectivity index (χ2v) is 8.36. The molecular weight excluding hydrogens is 374 g/mol. The number of nitrogens with zero attached hydrogens (tertiary/aromatic N) is 2. The number of rotatable bonds is 6. The SMILES string of the molecule is COc1cc(N(C)C2CCC(NC(=O)c3ccc(C(C)C)cc3)CC2)ccc1C#N. The standard InChI is InChI=1S/C25H31N3O2/c1-17(2)18-5-7-19(8-6-18)25(29)27-21-10-13-22(14-11-21)28(3)23-12-9-20(16-26)24(15-23)30-4/h5-9,12,15,17,21-22H,10-11,13-14H2,1-4H3,(H,27,29). The quantitative estimate of drug-likeness (QED) is 0.745. The molecule has 3 rings (SSSR count). The molecule has 0 aromatic heterocycles. The predicted octanol–water partition coefficient (Wildman–Crippen LogP) is 4.87. The Hall–Kier alpha value is -3.00. The van der Waals surface area contributed by atoms with E-state index in [4.69, 9.17) is 4.74 Å². The average Bonchev–Trinajstić information content (AvgIpc) is 2.78. The van der Waals surface area contributed by atoms with E-state index in [1.165, 1.54) is 5.56 Å². The summed E-state index contributed by atoms with van der Waals surface area (Å²) in [7, 11) is 3.67. The van der Waals surface area contributed by atoms with E-state index in [1.807, 2.05) is 36.4 Å². The number of methoxy groups -OCH3 is 1. The number of ether oxygens (including phenoxy) is 1. The Bertz CT molecular complexity index is 907. The lowest BCUT2D eigenvalue weighted by molar-refractivity contribution is 0.0926. The Labute approximate surface area is 179 Å². The molecule has 2 aromatic rings. The first-order valence-corrected chi connectivity index (χ1v) is 10.6. The summed E-state index contributed by atoms with van der Waals surface area (Å²) in [6.07, 6.45) is 3.93. The van der Waals surface area contributed by atoms with E-state index in [0.29, 0.717) is 23.3 Å². The molecule has 1 aliphatic rings. The van der Waals surface area contributed by atoms with E-state index < -0.39 is 0 Å². The van der Waals surface area contributed by atoms with E-state index in [-0.39, 0.29) is 11.9 Å². The predicted molar refractivity (Wildman–Crippen MR) is 120 cm³/mol. The molecule has 1 fully saturated rings. The fourth-order valence-corrected chi connectivity index (χ4v) is 4.10. The van der Waals surface area contributed by atoms with Gasteiger partial charge in [-0.25, -0.2) is 0 Å². The summed E-state index contributed by atoms with van der Waals surface area (Å²) in [5.41, 5.74) is 3.56. The molecule has 0 saturated heterocycles. The fourth-order valence-electron chi connectivity index (χ4n) is 4.10. The van der Waals surface area contributed by atoms with Crippen molar-refractivity contribution in [3.05, 3.63) is 59.2 Å². The van der Waals surface area contributed by atoms with Gasteiger partial charge >= 0.3 is 0 Å². The van der Waals surface area contributed by atoms with Crippen LogP contribution in [0.25, 0.3) is 0 Å². The van der Waals surface area contributed by atoms with Crippen LogP contribution in [0.2, 0.25) is 0 Å². The molecule has 5 nitrogen and oxygen atoms in total. The maximum Gasteiger partial charge on any atom is 0.251 e. The number of amides is 1. The molecule has 1 aliphatic carbocycles. The number of carbonyl (C=O) groups excluding carboxylic acids is 1. The number of carbonyl (C=O) groups is 1. The fraction of sp³-hybridized carbons (Fsp3) is 0.440. The Morgan fingerprint density at radius 1 is 1.13 bits per heavy atom. The second-order valence-electron chi connectivity index (χ2n) is 8.36. The maximum atomic E-state index is 12.6. The molecule has 30 heavy (non-hydrogen) atoms. The topological polar surface area (TPSA) is 65.4 Å². The van der Waals surface area contributed by atoms with E-state index in [9.17, 15) is 10.1 Å². The van der Waals surface area contributed by atoms with Gasteiger partial charge in [0.2, 0.25) is 0 Å². The first-order chi connectivity index (χ1) is 14.4. The highest BCUT2D eigenvalue weighted by molar-refractivity contribution is 5.94. The van der Waals surface area contributed by atoms with Gasteiger partial charge in [0.1, 0.15) is 11.8 Å². The molecule has 0 atom stereocenters. The first kappa shape index (κ1) is 21.7. The van der Waals surface area contributed by atoms with Crippen molar-refractivity contribution in [1.82, 2.24) is 5.32 Å². The molecular formula is C25H31N3O2. The molecule has 5 heteroatoms. The summed E-state index contributed by atoms with van der Waals surface area (Å²) in [6, 6.07) is 16.4. The lowest BCUT2D eigenvalue weighted by Gasteiger charge is -2.36. The van der Waals surface area contributed by atoms with Crippen molar-refractivity contribution in [2.75, 3.05) is 19.1 Å². The summed E-state index contributed by atoms with van der Waals surface area (Å²) in [5.74, 6) is 1.08. The summed E-state index contributed by atoms with van der Waals surface area (Å²) in [5, 5.41) is 12.4. The van der Waals surface area contributed by atoms with Crippen LogP contribution in [0.4, 0.5) is 5.69 Å². The number of hydrogen-bond acceptors (Lipinski definition) is 4. The Balaban J connectivity index is 1.55. The zero-order chi connectivity index (χ0) is 21.7. The first-order valence-electron chi connectivity index (χ1n) is 10.6. The van der Waals surface area contributed by atoms with Crippen LogP contribution < -0.4 is 15.0 Å². The van der Waals surface area contributed by atoms with Gasteiger partial charge in [-0.15, -0.1) is 0 Å². The minimum Gasteiger partial charge on any atom is -0.495 e. The largest absolute Gasteiger partial charge is 0.495 e. The molecule has 1 saturated carbocycles. The normalized spacial score (nSPS) is 18.5. The smallest absolute Gasteiger partial charge is 0.251 e. The van der Waals surface area contributed by atoms with E-state index in [2.05, 4.69) is 37.2 Å². The molecule has 0 bridgehead atoms. The third-order valence-electron chi connectivity index (χ3n) is 6.13. The van der Waals surface area contributed by atoms with Crippen molar-refractivity contribution in [2.45, 2.75) is 57.5 Å². The number of benzene rings is 2. The molecule has 1 amide bonds. The minimum absolute atomic E-state index is 0.0129. The molecule has 0 spiro atoms. The Kier molecular flexibility index (Phi) is 6.99. The molecule has 0 unspecified atom stereocenters. The van der Waals surface area contributed by atoms with Crippen molar-refractivity contribution in [3.63, 3.8) is 0 Å². The second kappa shape index (κ2) is 9.67. The van der Waals surface area contributed by atoms with Gasteiger partial charge in [0.15, 0.2) is 0 Å². The summed E-state index contributed by atoms with van der Waals surface area (Å²) < 4.78 is 5.34. The van der Waals surface area contributed by atoms with E-state index in [0.717, 1.165) is 36.9 Å². The van der Waals surface area contributed by atoms with Crippen LogP contribution in [0.15, 0.2) is 42.5 Å². The number of nitriles is 1. The zero-order valence-corrected chi connectivity index (χ0v) is 18.3. The van der Waals surface area contributed by atoms with Gasteiger partial charge < -0.3 is 15.0 Å². The van der Waals surface area contributed by atoms with Crippen LogP contribution in [0.5, 0.6) is 5.75 Å². The average molecular weight is 406 g/mol. The summed E-state index contributed by atoms with van der Waals surface area (Å²) in [6.45, 7) is 4.30. The molecule has 0 radical (unpaired) electrons. The van der Waals surface area contributed by atoms with E-state index in [1.54, 1.807) is 13.2 Å². The van der Waals surface area contributed by atoms with Crippen molar-refractivity contribution in [3.8, 4) is 11.8 Å². The van der Waals surface area contributed by atoms with Crippen LogP contribution in [-0.4, -0.2) is 32.1 Å². The van der Waals surface area contributed by atoms with E-state index >= 15 is 0 Å².